The molecule has 8 heteroatoms. The van der Waals surface area contributed by atoms with E-state index in [0.29, 0.717) is 5.02 Å². The number of hydrogen-bond donors (Lipinski definition) is 2. The summed E-state index contributed by atoms with van der Waals surface area (Å²) in [5.41, 5.74) is 5.26. The molecular weight excluding hydrogens is 491 g/mol. The normalized spacial score (nSPS) is 14.1. The number of phenols is 1. The molecule has 174 valence electrons. The smallest absolute Gasteiger partial charge is 0.152 e. The number of anilines is 2. The van der Waals surface area contributed by atoms with E-state index in [9.17, 15) is 5.11 Å². The molecular formula is C26H23Cl3N4O. The van der Waals surface area contributed by atoms with Crippen molar-refractivity contribution in [2.45, 2.75) is 19.3 Å². The lowest BCUT2D eigenvalue weighted by molar-refractivity contribution is 0.343. The summed E-state index contributed by atoms with van der Waals surface area (Å²) >= 11 is 18.9. The van der Waals surface area contributed by atoms with E-state index >= 15 is 0 Å². The highest BCUT2D eigenvalue weighted by molar-refractivity contribution is 6.37. The molecule has 3 heterocycles. The number of phenolic OH excluding ortho intramolecular Hbond substituents is 1. The van der Waals surface area contributed by atoms with Gasteiger partial charge in [-0.25, -0.2) is 0 Å². The fourth-order valence-corrected chi connectivity index (χ4v) is 5.02. The Kier molecular flexibility index (Phi) is 6.79. The molecule has 0 radical (unpaired) electrons. The van der Waals surface area contributed by atoms with Crippen molar-refractivity contribution in [1.82, 2.24) is 14.9 Å². The molecule has 2 aromatic carbocycles. The van der Waals surface area contributed by atoms with Crippen molar-refractivity contribution in [3.05, 3.63) is 75.6 Å². The van der Waals surface area contributed by atoms with Crippen LogP contribution in [0.15, 0.2) is 55.0 Å². The van der Waals surface area contributed by atoms with E-state index in [1.165, 1.54) is 31.5 Å². The van der Waals surface area contributed by atoms with Crippen molar-refractivity contribution in [2.75, 3.05) is 25.0 Å². The second kappa shape index (κ2) is 9.96. The van der Waals surface area contributed by atoms with Crippen LogP contribution in [-0.4, -0.2) is 39.6 Å². The first-order valence-electron chi connectivity index (χ1n) is 11.2. The first-order valence-corrected chi connectivity index (χ1v) is 12.3. The van der Waals surface area contributed by atoms with Gasteiger partial charge in [-0.1, -0.05) is 40.9 Å². The molecule has 0 unspecified atom stereocenters. The second-order valence-electron chi connectivity index (χ2n) is 8.51. The van der Waals surface area contributed by atoms with Gasteiger partial charge < -0.3 is 15.3 Å². The van der Waals surface area contributed by atoms with Crippen molar-refractivity contribution in [2.24, 2.45) is 0 Å². The number of rotatable bonds is 6. The van der Waals surface area contributed by atoms with Gasteiger partial charge >= 0.3 is 0 Å². The quantitative estimate of drug-likeness (QED) is 0.282. The number of fused-ring (bicyclic) bond motifs is 1. The number of likely N-dealkylation sites (tertiary alicyclic amines) is 1. The lowest BCUT2D eigenvalue weighted by Gasteiger charge is -2.15. The minimum absolute atomic E-state index is 0.128. The zero-order valence-electron chi connectivity index (χ0n) is 18.4. The summed E-state index contributed by atoms with van der Waals surface area (Å²) in [4.78, 5) is 11.4. The topological polar surface area (TPSA) is 61.3 Å². The van der Waals surface area contributed by atoms with Crippen LogP contribution in [0.4, 0.5) is 11.4 Å². The molecule has 5 nitrogen and oxygen atoms in total. The van der Waals surface area contributed by atoms with E-state index < -0.39 is 0 Å². The number of halogens is 3. The average molecular weight is 514 g/mol. The SMILES string of the molecule is Oc1c(Cl)cc(-c2ccc3ncc(Cl)c(Nc4cncc(CCN5CCCC5)c4)c3c2)cc1Cl. The molecule has 5 rings (SSSR count). The first-order chi connectivity index (χ1) is 16.5. The molecule has 0 amide bonds. The Morgan fingerprint density at radius 1 is 0.882 bits per heavy atom. The maximum absolute atomic E-state index is 9.91. The van der Waals surface area contributed by atoms with Gasteiger partial charge in [0.2, 0.25) is 0 Å². The van der Waals surface area contributed by atoms with E-state index in [-0.39, 0.29) is 15.8 Å². The van der Waals surface area contributed by atoms with Crippen LogP contribution >= 0.6 is 34.8 Å². The molecule has 0 atom stereocenters. The average Bonchev–Trinajstić information content (AvgIpc) is 3.36. The monoisotopic (exact) mass is 512 g/mol. The maximum Gasteiger partial charge on any atom is 0.152 e. The van der Waals surface area contributed by atoms with Crippen molar-refractivity contribution < 1.29 is 5.11 Å². The molecule has 0 saturated carbocycles. The zero-order valence-corrected chi connectivity index (χ0v) is 20.6. The molecule has 2 aromatic heterocycles. The number of benzene rings is 2. The third-order valence-electron chi connectivity index (χ3n) is 6.15. The van der Waals surface area contributed by atoms with Crippen LogP contribution in [0.5, 0.6) is 5.75 Å². The Morgan fingerprint density at radius 2 is 1.65 bits per heavy atom. The van der Waals surface area contributed by atoms with Gasteiger partial charge in [0, 0.05) is 24.3 Å². The summed E-state index contributed by atoms with van der Waals surface area (Å²) in [6.07, 6.45) is 8.90. The van der Waals surface area contributed by atoms with E-state index in [1.807, 2.05) is 24.4 Å². The molecule has 2 N–H and O–H groups in total. The predicted octanol–water partition coefficient (Wildman–Crippen LogP) is 7.34. The summed E-state index contributed by atoms with van der Waals surface area (Å²) in [6.45, 7) is 3.42. The highest BCUT2D eigenvalue weighted by Gasteiger charge is 2.14. The Labute approximate surface area is 213 Å². The first kappa shape index (κ1) is 23.2. The third-order valence-corrected chi connectivity index (χ3v) is 7.01. The van der Waals surface area contributed by atoms with E-state index in [4.69, 9.17) is 34.8 Å². The molecule has 0 spiro atoms. The minimum Gasteiger partial charge on any atom is -0.505 e. The van der Waals surface area contributed by atoms with Crippen LogP contribution in [0, 0.1) is 0 Å². The molecule has 0 aliphatic carbocycles. The van der Waals surface area contributed by atoms with Crippen LogP contribution in [0.25, 0.3) is 22.0 Å². The highest BCUT2D eigenvalue weighted by atomic mass is 35.5. The largest absolute Gasteiger partial charge is 0.505 e. The van der Waals surface area contributed by atoms with Gasteiger partial charge in [-0.3, -0.25) is 9.97 Å². The highest BCUT2D eigenvalue weighted by Crippen LogP contribution is 2.39. The maximum atomic E-state index is 9.91. The van der Waals surface area contributed by atoms with Crippen LogP contribution in [-0.2, 0) is 6.42 Å². The Hall–Kier alpha value is -2.57. The van der Waals surface area contributed by atoms with E-state index in [0.717, 1.165) is 46.4 Å². The number of nitrogens with zero attached hydrogens (tertiary/aromatic N) is 3. The predicted molar refractivity (Wildman–Crippen MR) is 141 cm³/mol. The Morgan fingerprint density at radius 3 is 2.41 bits per heavy atom. The Balaban J connectivity index is 1.47. The van der Waals surface area contributed by atoms with Crippen LogP contribution in [0.2, 0.25) is 15.1 Å². The number of aromatic hydroxyl groups is 1. The van der Waals surface area contributed by atoms with Crippen molar-refractivity contribution in [3.8, 4) is 16.9 Å². The van der Waals surface area contributed by atoms with Gasteiger partial charge in [-0.2, -0.15) is 0 Å². The summed E-state index contributed by atoms with van der Waals surface area (Å²) in [5.74, 6) is -0.128. The standard InChI is InChI=1S/C26H23Cl3N4O/c27-21-11-18(12-22(28)26(21)34)17-3-4-24-20(10-17)25(23(29)15-31-24)32-19-9-16(13-30-14-19)5-8-33-6-1-2-7-33/h3-4,9-15,34H,1-2,5-8H2,(H,31,32). The number of aromatic nitrogens is 2. The van der Waals surface area contributed by atoms with Crippen molar-refractivity contribution >= 4 is 57.1 Å². The molecule has 4 aromatic rings. The van der Waals surface area contributed by atoms with Crippen LogP contribution < -0.4 is 5.32 Å². The van der Waals surface area contributed by atoms with Gasteiger partial charge in [-0.05, 0) is 79.4 Å². The van der Waals surface area contributed by atoms with Gasteiger partial charge in [-0.15, -0.1) is 0 Å². The molecule has 34 heavy (non-hydrogen) atoms. The fraction of sp³-hybridized carbons (Fsp3) is 0.231. The lowest BCUT2D eigenvalue weighted by atomic mass is 10.0. The zero-order chi connectivity index (χ0) is 23.7. The number of hydrogen-bond acceptors (Lipinski definition) is 5. The molecule has 0 bridgehead atoms. The Bertz CT molecular complexity index is 1330. The number of pyridine rings is 2. The summed E-state index contributed by atoms with van der Waals surface area (Å²) < 4.78 is 0. The summed E-state index contributed by atoms with van der Waals surface area (Å²) in [7, 11) is 0. The third kappa shape index (κ3) is 4.93. The van der Waals surface area contributed by atoms with Crippen molar-refractivity contribution in [1.29, 1.82) is 0 Å². The van der Waals surface area contributed by atoms with E-state index in [2.05, 4.69) is 26.3 Å². The van der Waals surface area contributed by atoms with Gasteiger partial charge in [0.1, 0.15) is 0 Å². The van der Waals surface area contributed by atoms with Gasteiger partial charge in [0.25, 0.3) is 0 Å². The van der Waals surface area contributed by atoms with Gasteiger partial charge in [0.05, 0.1) is 38.2 Å². The van der Waals surface area contributed by atoms with Crippen molar-refractivity contribution in [3.63, 3.8) is 0 Å². The summed E-state index contributed by atoms with van der Waals surface area (Å²) in [5, 5.41) is 15.1. The van der Waals surface area contributed by atoms with Crippen LogP contribution in [0.1, 0.15) is 18.4 Å². The minimum atomic E-state index is -0.128. The number of nitrogens with one attached hydrogen (secondary N) is 1. The van der Waals surface area contributed by atoms with E-state index in [1.54, 1.807) is 24.5 Å². The fourth-order valence-electron chi connectivity index (χ4n) is 4.34. The molecule has 1 aliphatic heterocycles. The molecule has 1 saturated heterocycles. The van der Waals surface area contributed by atoms with Crippen LogP contribution in [0.3, 0.4) is 0 Å². The second-order valence-corrected chi connectivity index (χ2v) is 9.73. The lowest BCUT2D eigenvalue weighted by Crippen LogP contribution is -2.21. The molecule has 1 fully saturated rings. The van der Waals surface area contributed by atoms with Gasteiger partial charge in [0.15, 0.2) is 5.75 Å². The summed E-state index contributed by atoms with van der Waals surface area (Å²) in [6, 6.07) is 11.3. The molecule has 1 aliphatic rings.